The Hall–Kier alpha value is -3.48. The molecule has 2 saturated heterocycles. The summed E-state index contributed by atoms with van der Waals surface area (Å²) in [6.45, 7) is 2.09. The van der Waals surface area contributed by atoms with Crippen molar-refractivity contribution >= 4 is 28.6 Å². The van der Waals surface area contributed by atoms with E-state index in [1.54, 1.807) is 12.0 Å². The Morgan fingerprint density at radius 2 is 1.88 bits per heavy atom. The molecule has 12 heteroatoms. The first kappa shape index (κ1) is 21.4. The maximum absolute atomic E-state index is 13.2. The number of carbonyl (C=O) groups excluding carboxylic acids is 1. The van der Waals surface area contributed by atoms with Crippen LogP contribution in [-0.2, 0) is 9.53 Å². The van der Waals surface area contributed by atoms with Gasteiger partial charge in [0.1, 0.15) is 29.8 Å². The fourth-order valence-corrected chi connectivity index (χ4v) is 4.39. The second-order valence-corrected chi connectivity index (χ2v) is 8.00. The Kier molecular flexibility index (Phi) is 5.48. The molecule has 1 unspecified atom stereocenters. The number of nitrogens with zero attached hydrogens (tertiary/aromatic N) is 6. The van der Waals surface area contributed by atoms with Gasteiger partial charge in [0.05, 0.1) is 19.1 Å². The molecule has 2 aliphatic rings. The van der Waals surface area contributed by atoms with E-state index >= 15 is 0 Å². The molecule has 0 aliphatic carbocycles. The molecule has 33 heavy (non-hydrogen) atoms. The van der Waals surface area contributed by atoms with Gasteiger partial charge in [0.25, 0.3) is 5.91 Å². The minimum absolute atomic E-state index is 0.187. The number of hydrogen-bond acceptors (Lipinski definition) is 10. The molecule has 2 fully saturated rings. The van der Waals surface area contributed by atoms with Gasteiger partial charge < -0.3 is 35.2 Å². The number of para-hydroxylation sites is 2. The second kappa shape index (κ2) is 8.46. The number of imidazole rings is 1. The summed E-state index contributed by atoms with van der Waals surface area (Å²) in [6.07, 6.45) is -2.32. The van der Waals surface area contributed by atoms with Gasteiger partial charge >= 0.3 is 0 Å². The normalized spacial score (nSPS) is 25.5. The van der Waals surface area contributed by atoms with Gasteiger partial charge in [-0.15, -0.1) is 0 Å². The van der Waals surface area contributed by atoms with Crippen LogP contribution in [0.5, 0.6) is 5.75 Å². The van der Waals surface area contributed by atoms with Crippen LogP contribution in [0.15, 0.2) is 36.9 Å². The number of piperazine rings is 1. The lowest BCUT2D eigenvalue weighted by Crippen LogP contribution is -2.53. The lowest BCUT2D eigenvalue weighted by Gasteiger charge is -2.37. The highest BCUT2D eigenvalue weighted by atomic mass is 16.6. The third-order valence-electron chi connectivity index (χ3n) is 6.16. The number of carbonyl (C=O) groups is 1. The lowest BCUT2D eigenvalue weighted by atomic mass is 10.1. The molecule has 12 nitrogen and oxygen atoms in total. The number of aliphatic hydroxyl groups excluding tert-OH is 2. The Morgan fingerprint density at radius 3 is 2.64 bits per heavy atom. The topological polar surface area (TPSA) is 152 Å². The maximum atomic E-state index is 13.2. The molecule has 0 bridgehead atoms. The first-order valence-electron chi connectivity index (χ1n) is 10.6. The number of methoxy groups -OCH3 is 1. The molecule has 0 spiro atoms. The van der Waals surface area contributed by atoms with E-state index in [2.05, 4.69) is 19.9 Å². The van der Waals surface area contributed by atoms with E-state index in [-0.39, 0.29) is 11.7 Å². The van der Waals surface area contributed by atoms with E-state index in [9.17, 15) is 15.0 Å². The third kappa shape index (κ3) is 3.61. The van der Waals surface area contributed by atoms with Gasteiger partial charge in [0.2, 0.25) is 0 Å². The van der Waals surface area contributed by atoms with E-state index in [1.807, 2.05) is 24.3 Å². The molecule has 4 atom stereocenters. The zero-order chi connectivity index (χ0) is 23.1. The number of benzene rings is 1. The van der Waals surface area contributed by atoms with Gasteiger partial charge in [-0.3, -0.25) is 9.36 Å². The Bertz CT molecular complexity index is 1160. The zero-order valence-corrected chi connectivity index (χ0v) is 18.0. The van der Waals surface area contributed by atoms with Crippen molar-refractivity contribution in [1.82, 2.24) is 24.4 Å². The molecule has 4 heterocycles. The van der Waals surface area contributed by atoms with Crippen molar-refractivity contribution in [2.75, 3.05) is 43.9 Å². The molecule has 3 aromatic rings. The Morgan fingerprint density at radius 1 is 1.12 bits per heavy atom. The summed E-state index contributed by atoms with van der Waals surface area (Å²) in [5, 5.41) is 21.2. The van der Waals surface area contributed by atoms with E-state index in [4.69, 9.17) is 15.2 Å². The summed E-state index contributed by atoms with van der Waals surface area (Å²) >= 11 is 0. The van der Waals surface area contributed by atoms with Crippen LogP contribution in [0.1, 0.15) is 6.23 Å². The highest BCUT2D eigenvalue weighted by molar-refractivity contribution is 5.83. The van der Waals surface area contributed by atoms with Crippen LogP contribution in [0.4, 0.5) is 11.5 Å². The monoisotopic (exact) mass is 455 g/mol. The molecular formula is C21H25N7O5. The van der Waals surface area contributed by atoms with Crippen molar-refractivity contribution in [1.29, 1.82) is 0 Å². The number of anilines is 2. The standard InChI is InChI=1S/C21H25N7O5/c1-32-13-5-3-2-4-12(13)26-6-8-27(9-7-26)20(31)17-15(29)16(30)21(33-17)28-11-25-14-18(22)23-10-24-19(14)28/h2-5,10-11,15-17,21,29-30H,6-9H2,1H3,(H2,22,23,24)/t15-,16+,17-,21?/m0/s1. The first-order chi connectivity index (χ1) is 16.0. The third-order valence-corrected chi connectivity index (χ3v) is 6.16. The summed E-state index contributed by atoms with van der Waals surface area (Å²) in [4.78, 5) is 29.2. The quantitative estimate of drug-likeness (QED) is 0.464. The number of nitrogen functional groups attached to an aromatic ring is 1. The van der Waals surface area contributed by atoms with E-state index in [1.165, 1.54) is 17.2 Å². The number of aliphatic hydroxyl groups is 2. The van der Waals surface area contributed by atoms with Gasteiger partial charge in [-0.05, 0) is 12.1 Å². The van der Waals surface area contributed by atoms with Gasteiger partial charge in [-0.2, -0.15) is 0 Å². The molecule has 5 rings (SSSR count). The van der Waals surface area contributed by atoms with Crippen molar-refractivity contribution in [3.05, 3.63) is 36.9 Å². The molecule has 174 valence electrons. The van der Waals surface area contributed by atoms with Gasteiger partial charge in [0, 0.05) is 26.2 Å². The van der Waals surface area contributed by atoms with Crippen LogP contribution < -0.4 is 15.4 Å². The van der Waals surface area contributed by atoms with Crippen LogP contribution in [-0.4, -0.2) is 92.1 Å². The number of ether oxygens (including phenoxy) is 2. The van der Waals surface area contributed by atoms with Crippen LogP contribution in [0, 0.1) is 0 Å². The molecule has 4 N–H and O–H groups in total. The van der Waals surface area contributed by atoms with Gasteiger partial charge in [0.15, 0.2) is 23.8 Å². The van der Waals surface area contributed by atoms with Crippen molar-refractivity contribution in [3.8, 4) is 5.75 Å². The summed E-state index contributed by atoms with van der Waals surface area (Å²) in [7, 11) is 1.63. The smallest absolute Gasteiger partial charge is 0.254 e. The van der Waals surface area contributed by atoms with Gasteiger partial charge in [-0.25, -0.2) is 15.0 Å². The second-order valence-electron chi connectivity index (χ2n) is 8.00. The summed E-state index contributed by atoms with van der Waals surface area (Å²) in [5.41, 5.74) is 7.48. The first-order valence-corrected chi connectivity index (χ1v) is 10.6. The maximum Gasteiger partial charge on any atom is 0.254 e. The van der Waals surface area contributed by atoms with Crippen LogP contribution >= 0.6 is 0 Å². The molecule has 2 aliphatic heterocycles. The number of fused-ring (bicyclic) bond motifs is 1. The largest absolute Gasteiger partial charge is 0.495 e. The summed E-state index contributed by atoms with van der Waals surface area (Å²) in [5.74, 6) is 0.587. The molecule has 1 aromatic carbocycles. The number of amides is 1. The number of nitrogens with two attached hydrogens (primary N) is 1. The van der Waals surface area contributed by atoms with E-state index in [0.717, 1.165) is 11.4 Å². The zero-order valence-electron chi connectivity index (χ0n) is 18.0. The molecule has 1 amide bonds. The number of rotatable bonds is 4. The van der Waals surface area contributed by atoms with Crippen LogP contribution in [0.2, 0.25) is 0 Å². The average Bonchev–Trinajstić information content (AvgIpc) is 3.40. The molecule has 0 radical (unpaired) electrons. The van der Waals surface area contributed by atoms with Crippen LogP contribution in [0.25, 0.3) is 11.2 Å². The molecule has 0 saturated carbocycles. The predicted molar refractivity (Wildman–Crippen MR) is 117 cm³/mol. The number of hydrogen-bond donors (Lipinski definition) is 3. The minimum Gasteiger partial charge on any atom is -0.495 e. The van der Waals surface area contributed by atoms with Crippen LogP contribution in [0.3, 0.4) is 0 Å². The van der Waals surface area contributed by atoms with Gasteiger partial charge in [-0.1, -0.05) is 12.1 Å². The SMILES string of the molecule is COc1ccccc1N1CCN(C(=O)[C@H]2OC(n3cnc4c(N)ncnc43)[C@H](O)[C@@H]2O)CC1. The highest BCUT2D eigenvalue weighted by Gasteiger charge is 2.49. The number of aromatic nitrogens is 4. The lowest BCUT2D eigenvalue weighted by molar-refractivity contribution is -0.148. The Labute approximate surface area is 189 Å². The van der Waals surface area contributed by atoms with Crippen molar-refractivity contribution in [2.24, 2.45) is 0 Å². The highest BCUT2D eigenvalue weighted by Crippen LogP contribution is 2.33. The minimum atomic E-state index is -1.40. The summed E-state index contributed by atoms with van der Waals surface area (Å²) < 4.78 is 12.7. The Balaban J connectivity index is 1.29. The predicted octanol–water partition coefficient (Wildman–Crippen LogP) is -0.615. The van der Waals surface area contributed by atoms with Crippen molar-refractivity contribution < 1.29 is 24.5 Å². The van der Waals surface area contributed by atoms with Crippen molar-refractivity contribution in [3.63, 3.8) is 0 Å². The molecular weight excluding hydrogens is 430 g/mol. The van der Waals surface area contributed by atoms with E-state index in [0.29, 0.717) is 37.3 Å². The average molecular weight is 455 g/mol. The van der Waals surface area contributed by atoms with E-state index < -0.39 is 24.5 Å². The fourth-order valence-electron chi connectivity index (χ4n) is 4.39. The summed E-state index contributed by atoms with van der Waals surface area (Å²) in [6, 6.07) is 7.73. The van der Waals surface area contributed by atoms with Crippen molar-refractivity contribution in [2.45, 2.75) is 24.5 Å². The molecule has 2 aromatic heterocycles. The fraction of sp³-hybridized carbons (Fsp3) is 0.429.